The molecule has 0 heterocycles. The van der Waals surface area contributed by atoms with Gasteiger partial charge in [-0.15, -0.1) is 0 Å². The third kappa shape index (κ3) is 2.19. The number of carbonyl (C=O) groups is 3. The van der Waals surface area contributed by atoms with Gasteiger partial charge in [0, 0.05) is 24.2 Å². The molecule has 25 heavy (non-hydrogen) atoms. The van der Waals surface area contributed by atoms with Crippen molar-refractivity contribution in [1.82, 2.24) is 0 Å². The predicted molar refractivity (Wildman–Crippen MR) is 92.8 cm³/mol. The first-order valence-electron chi connectivity index (χ1n) is 9.91. The van der Waals surface area contributed by atoms with Crippen LogP contribution in [0.5, 0.6) is 0 Å². The Morgan fingerprint density at radius 2 is 1.80 bits per heavy atom. The van der Waals surface area contributed by atoms with Crippen molar-refractivity contribution in [2.24, 2.45) is 34.5 Å². The third-order valence-corrected chi connectivity index (χ3v) is 8.90. The SMILES string of the molecule is CC(=O)[C@]1(O)CC[C@@]2(C)C(CC(=O)[C@@H]3[C@@H]2CC[C@]2(C)C(=O)CC[C@@H]32)C1. The molecule has 0 aliphatic heterocycles. The molecule has 4 fully saturated rings. The molecule has 0 bridgehead atoms. The van der Waals surface area contributed by atoms with Crippen molar-refractivity contribution in [2.45, 2.75) is 77.7 Å². The molecular formula is C21H30O4. The predicted octanol–water partition coefficient (Wildman–Crippen LogP) is 3.10. The molecule has 0 aromatic carbocycles. The molecule has 7 atom stereocenters. The van der Waals surface area contributed by atoms with Gasteiger partial charge in [-0.05, 0) is 68.6 Å². The molecule has 1 N–H and O–H groups in total. The number of fused-ring (bicyclic) bond motifs is 5. The lowest BCUT2D eigenvalue weighted by atomic mass is 9.44. The minimum absolute atomic E-state index is 0.00717. The van der Waals surface area contributed by atoms with E-state index in [4.69, 9.17) is 0 Å². The van der Waals surface area contributed by atoms with Crippen LogP contribution in [0.4, 0.5) is 0 Å². The van der Waals surface area contributed by atoms with Crippen molar-refractivity contribution in [1.29, 1.82) is 0 Å². The zero-order chi connectivity index (χ0) is 18.2. The van der Waals surface area contributed by atoms with E-state index in [9.17, 15) is 19.5 Å². The van der Waals surface area contributed by atoms with Crippen LogP contribution in [0.25, 0.3) is 0 Å². The molecule has 4 nitrogen and oxygen atoms in total. The summed E-state index contributed by atoms with van der Waals surface area (Å²) in [4.78, 5) is 37.5. The lowest BCUT2D eigenvalue weighted by molar-refractivity contribution is -0.172. The minimum Gasteiger partial charge on any atom is -0.382 e. The molecular weight excluding hydrogens is 316 g/mol. The first kappa shape index (κ1) is 17.4. The van der Waals surface area contributed by atoms with Gasteiger partial charge in [-0.25, -0.2) is 0 Å². The van der Waals surface area contributed by atoms with Gasteiger partial charge in [-0.1, -0.05) is 13.8 Å². The summed E-state index contributed by atoms with van der Waals surface area (Å²) < 4.78 is 0. The normalized spacial score (nSPS) is 52.3. The lowest BCUT2D eigenvalue weighted by Crippen LogP contribution is -2.59. The van der Waals surface area contributed by atoms with Crippen molar-refractivity contribution in [2.75, 3.05) is 0 Å². The van der Waals surface area contributed by atoms with Crippen LogP contribution in [0, 0.1) is 34.5 Å². The molecule has 0 spiro atoms. The fourth-order valence-corrected chi connectivity index (χ4v) is 7.02. The average molecular weight is 346 g/mol. The van der Waals surface area contributed by atoms with Crippen LogP contribution in [0.3, 0.4) is 0 Å². The van der Waals surface area contributed by atoms with Gasteiger partial charge in [-0.2, -0.15) is 0 Å². The van der Waals surface area contributed by atoms with Crippen LogP contribution in [-0.4, -0.2) is 28.1 Å². The highest BCUT2D eigenvalue weighted by atomic mass is 16.3. The van der Waals surface area contributed by atoms with E-state index < -0.39 is 5.60 Å². The molecule has 138 valence electrons. The molecule has 1 unspecified atom stereocenters. The molecule has 4 rings (SSSR count). The minimum atomic E-state index is -1.25. The first-order chi connectivity index (χ1) is 11.6. The number of carbonyl (C=O) groups excluding carboxylic acids is 3. The summed E-state index contributed by atoms with van der Waals surface area (Å²) in [6.07, 6.45) is 5.52. The van der Waals surface area contributed by atoms with Gasteiger partial charge in [0.25, 0.3) is 0 Å². The fraction of sp³-hybridized carbons (Fsp3) is 0.857. The number of hydrogen-bond donors (Lipinski definition) is 1. The Morgan fingerprint density at radius 3 is 2.48 bits per heavy atom. The molecule has 4 aliphatic carbocycles. The van der Waals surface area contributed by atoms with Gasteiger partial charge < -0.3 is 5.11 Å². The van der Waals surface area contributed by atoms with Crippen molar-refractivity contribution in [3.63, 3.8) is 0 Å². The highest BCUT2D eigenvalue weighted by molar-refractivity contribution is 5.91. The molecule has 0 aromatic rings. The standard InChI is InChI=1S/C21H30O4/c1-12(22)21(25)9-8-19(2)13(11-21)10-16(23)18-14-4-5-17(24)20(14,3)7-6-15(18)19/h13-15,18,25H,4-11H2,1-3H3/t13?,14-,15-,18-,19-,20-,21-/m0/s1. The van der Waals surface area contributed by atoms with Crippen molar-refractivity contribution in [3.8, 4) is 0 Å². The first-order valence-corrected chi connectivity index (χ1v) is 9.91. The van der Waals surface area contributed by atoms with E-state index in [1.807, 2.05) is 0 Å². The van der Waals surface area contributed by atoms with Crippen LogP contribution < -0.4 is 0 Å². The maximum atomic E-state index is 13.1. The van der Waals surface area contributed by atoms with Crippen LogP contribution in [0.1, 0.15) is 72.1 Å². The Kier molecular flexibility index (Phi) is 3.65. The number of rotatable bonds is 1. The topological polar surface area (TPSA) is 71.4 Å². The number of aliphatic hydroxyl groups is 1. The molecule has 4 saturated carbocycles. The van der Waals surface area contributed by atoms with Crippen molar-refractivity contribution in [3.05, 3.63) is 0 Å². The van der Waals surface area contributed by atoms with Crippen molar-refractivity contribution >= 4 is 17.3 Å². The van der Waals surface area contributed by atoms with Gasteiger partial charge in [0.05, 0.1) is 0 Å². The van der Waals surface area contributed by atoms with Crippen LogP contribution in [0.15, 0.2) is 0 Å². The lowest BCUT2D eigenvalue weighted by Gasteiger charge is -2.60. The number of ketones is 3. The number of Topliss-reactive ketones (excluding diaryl/α,β-unsaturated/α-hetero) is 3. The fourth-order valence-electron chi connectivity index (χ4n) is 7.02. The summed E-state index contributed by atoms with van der Waals surface area (Å²) in [5.74, 6) is 1.08. The molecule has 4 aliphatic rings. The van der Waals surface area contributed by atoms with Crippen LogP contribution in [0.2, 0.25) is 0 Å². The number of hydrogen-bond acceptors (Lipinski definition) is 4. The van der Waals surface area contributed by atoms with Crippen LogP contribution in [-0.2, 0) is 14.4 Å². The van der Waals surface area contributed by atoms with Gasteiger partial charge in [-0.3, -0.25) is 14.4 Å². The second-order valence-electron chi connectivity index (χ2n) is 9.82. The second kappa shape index (κ2) is 5.25. The zero-order valence-electron chi connectivity index (χ0n) is 15.6. The van der Waals surface area contributed by atoms with Gasteiger partial charge in [0.1, 0.15) is 17.2 Å². The van der Waals surface area contributed by atoms with E-state index in [1.165, 1.54) is 6.92 Å². The summed E-state index contributed by atoms with van der Waals surface area (Å²) in [6.45, 7) is 5.83. The second-order valence-corrected chi connectivity index (χ2v) is 9.82. The smallest absolute Gasteiger partial charge is 0.161 e. The Morgan fingerprint density at radius 1 is 1.08 bits per heavy atom. The highest BCUT2D eigenvalue weighted by Crippen LogP contribution is 2.65. The summed E-state index contributed by atoms with van der Waals surface area (Å²) in [5, 5.41) is 10.7. The van der Waals surface area contributed by atoms with Gasteiger partial charge in [0.2, 0.25) is 0 Å². The molecule has 0 aromatic heterocycles. The van der Waals surface area contributed by atoms with E-state index in [0.717, 1.165) is 25.7 Å². The Bertz CT molecular complexity index is 654. The quantitative estimate of drug-likeness (QED) is 0.792. The van der Waals surface area contributed by atoms with Gasteiger partial charge >= 0.3 is 0 Å². The largest absolute Gasteiger partial charge is 0.382 e. The Labute approximate surface area is 149 Å². The Hall–Kier alpha value is -1.03. The molecule has 0 saturated heterocycles. The summed E-state index contributed by atoms with van der Waals surface area (Å²) >= 11 is 0. The monoisotopic (exact) mass is 346 g/mol. The summed E-state index contributed by atoms with van der Waals surface area (Å²) in [7, 11) is 0. The maximum Gasteiger partial charge on any atom is 0.161 e. The van der Waals surface area contributed by atoms with Gasteiger partial charge in [0.15, 0.2) is 5.78 Å². The summed E-state index contributed by atoms with van der Waals surface area (Å²) in [6, 6.07) is 0. The average Bonchev–Trinajstić information content (AvgIpc) is 2.85. The maximum absolute atomic E-state index is 13.1. The Balaban J connectivity index is 1.67. The molecule has 0 radical (unpaired) electrons. The summed E-state index contributed by atoms with van der Waals surface area (Å²) in [5.41, 5.74) is -1.54. The van der Waals surface area contributed by atoms with E-state index in [0.29, 0.717) is 37.4 Å². The molecule has 0 amide bonds. The van der Waals surface area contributed by atoms with Crippen molar-refractivity contribution < 1.29 is 19.5 Å². The molecule has 4 heteroatoms. The van der Waals surface area contributed by atoms with Crippen LogP contribution >= 0.6 is 0 Å². The van der Waals surface area contributed by atoms with E-state index >= 15 is 0 Å². The zero-order valence-corrected chi connectivity index (χ0v) is 15.6. The van der Waals surface area contributed by atoms with E-state index in [2.05, 4.69) is 13.8 Å². The highest BCUT2D eigenvalue weighted by Gasteiger charge is 2.64. The third-order valence-electron chi connectivity index (χ3n) is 8.90. The van der Waals surface area contributed by atoms with E-state index in [-0.39, 0.29) is 40.2 Å². The van der Waals surface area contributed by atoms with E-state index in [1.54, 1.807) is 0 Å².